The molecule has 1 aromatic carbocycles. The molecule has 3 atom stereocenters. The van der Waals surface area contributed by atoms with Crippen molar-refractivity contribution in [2.24, 2.45) is 0 Å². The van der Waals surface area contributed by atoms with Crippen molar-refractivity contribution in [3.8, 4) is 0 Å². The van der Waals surface area contributed by atoms with Gasteiger partial charge in [-0.1, -0.05) is 11.8 Å². The molecule has 0 radical (unpaired) electrons. The van der Waals surface area contributed by atoms with E-state index in [9.17, 15) is 9.59 Å². The minimum Gasteiger partial charge on any atom is -0.351 e. The number of aromatic nitrogens is 1. The Balaban J connectivity index is 1.34. The van der Waals surface area contributed by atoms with E-state index in [0.29, 0.717) is 0 Å². The van der Waals surface area contributed by atoms with Crippen LogP contribution < -0.4 is 20.9 Å². The highest BCUT2D eigenvalue weighted by molar-refractivity contribution is 8.01. The number of benzene rings is 1. The second-order valence-electron chi connectivity index (χ2n) is 8.04. The SMILES string of the molecule is O=C(NC1CCCNC1)[C@@H]1Sc2nccc3c2C1NC(=O)N3c1ccc2sccc2c1. The van der Waals surface area contributed by atoms with Gasteiger partial charge < -0.3 is 16.0 Å². The highest BCUT2D eigenvalue weighted by Gasteiger charge is 2.46. The molecule has 1 fully saturated rings. The van der Waals surface area contributed by atoms with Gasteiger partial charge in [-0.15, -0.1) is 11.3 Å². The van der Waals surface area contributed by atoms with Gasteiger partial charge in [-0.3, -0.25) is 9.69 Å². The fraction of sp³-hybridized carbons (Fsp3) is 0.318. The number of carbonyl (C=O) groups is 2. The van der Waals surface area contributed by atoms with Crippen LogP contribution in [0.4, 0.5) is 16.2 Å². The van der Waals surface area contributed by atoms with E-state index in [4.69, 9.17) is 0 Å². The molecule has 31 heavy (non-hydrogen) atoms. The minimum absolute atomic E-state index is 0.0407. The van der Waals surface area contributed by atoms with E-state index < -0.39 is 5.25 Å². The Morgan fingerprint density at radius 1 is 1.26 bits per heavy atom. The van der Waals surface area contributed by atoms with Gasteiger partial charge >= 0.3 is 6.03 Å². The van der Waals surface area contributed by atoms with Crippen LogP contribution in [0.25, 0.3) is 10.1 Å². The molecule has 0 bridgehead atoms. The standard InChI is InChI=1S/C22H21N5O2S2/c28-20(25-13-2-1-7-23-11-13)19-18-17-15(5-8-24-21(17)31-19)27(22(29)26-18)14-3-4-16-12(10-14)6-9-30-16/h3-6,8-10,13,18-19,23H,1-2,7,11H2,(H,25,28)(H,26,29)/t13?,18?,19-/m1/s1. The minimum atomic E-state index is -0.420. The summed E-state index contributed by atoms with van der Waals surface area (Å²) in [6, 6.07) is 9.49. The third kappa shape index (κ3) is 3.19. The summed E-state index contributed by atoms with van der Waals surface area (Å²) in [5.74, 6) is -0.0407. The third-order valence-electron chi connectivity index (χ3n) is 6.10. The van der Waals surface area contributed by atoms with Crippen LogP contribution in [0.15, 0.2) is 46.9 Å². The van der Waals surface area contributed by atoms with Crippen LogP contribution in [0.5, 0.6) is 0 Å². The molecular weight excluding hydrogens is 430 g/mol. The van der Waals surface area contributed by atoms with Crippen LogP contribution in [0.2, 0.25) is 0 Å². The lowest BCUT2D eigenvalue weighted by Crippen LogP contribution is -2.52. The number of pyridine rings is 1. The van der Waals surface area contributed by atoms with E-state index >= 15 is 0 Å². The van der Waals surface area contributed by atoms with Crippen LogP contribution >= 0.6 is 23.1 Å². The second-order valence-corrected chi connectivity index (χ2v) is 10.1. The predicted octanol–water partition coefficient (Wildman–Crippen LogP) is 3.54. The first-order chi connectivity index (χ1) is 15.2. The number of nitrogens with one attached hydrogen (secondary N) is 3. The molecule has 3 aliphatic heterocycles. The number of fused-ring (bicyclic) bond motifs is 1. The Hall–Kier alpha value is -2.62. The average molecular weight is 452 g/mol. The zero-order valence-electron chi connectivity index (χ0n) is 16.6. The van der Waals surface area contributed by atoms with Crippen molar-refractivity contribution >= 4 is 56.5 Å². The lowest BCUT2D eigenvalue weighted by Gasteiger charge is -2.34. The number of piperidine rings is 1. The monoisotopic (exact) mass is 451 g/mol. The maximum Gasteiger partial charge on any atom is 0.327 e. The molecule has 3 N–H and O–H groups in total. The van der Waals surface area contributed by atoms with Crippen LogP contribution in [0, 0.1) is 0 Å². The van der Waals surface area contributed by atoms with Gasteiger partial charge in [0.1, 0.15) is 10.3 Å². The Morgan fingerprint density at radius 3 is 3.06 bits per heavy atom. The smallest absolute Gasteiger partial charge is 0.327 e. The molecule has 2 unspecified atom stereocenters. The van der Waals surface area contributed by atoms with Crippen LogP contribution in [-0.4, -0.2) is 41.3 Å². The number of nitrogens with zero attached hydrogens (tertiary/aromatic N) is 2. The first kappa shape index (κ1) is 19.1. The number of urea groups is 1. The van der Waals surface area contributed by atoms with Crippen LogP contribution in [-0.2, 0) is 4.79 Å². The zero-order chi connectivity index (χ0) is 20.9. The molecule has 3 aromatic rings. The first-order valence-electron chi connectivity index (χ1n) is 10.4. The van der Waals surface area contributed by atoms with Gasteiger partial charge in [0.25, 0.3) is 0 Å². The average Bonchev–Trinajstić information content (AvgIpc) is 3.40. The summed E-state index contributed by atoms with van der Waals surface area (Å²) in [5, 5.41) is 13.1. The number of rotatable bonds is 3. The van der Waals surface area contributed by atoms with E-state index in [2.05, 4.69) is 27.0 Å². The topological polar surface area (TPSA) is 86.4 Å². The molecule has 158 valence electrons. The Morgan fingerprint density at radius 2 is 2.19 bits per heavy atom. The summed E-state index contributed by atoms with van der Waals surface area (Å²) in [5.41, 5.74) is 2.54. The highest BCUT2D eigenvalue weighted by Crippen LogP contribution is 2.50. The third-order valence-corrected chi connectivity index (χ3v) is 8.29. The van der Waals surface area contributed by atoms with Crippen molar-refractivity contribution in [3.63, 3.8) is 0 Å². The quantitative estimate of drug-likeness (QED) is 0.567. The van der Waals surface area contributed by atoms with Gasteiger partial charge in [0.2, 0.25) is 5.91 Å². The molecule has 3 amide bonds. The highest BCUT2D eigenvalue weighted by atomic mass is 32.2. The number of anilines is 2. The van der Waals surface area contributed by atoms with Gasteiger partial charge in [-0.05, 0) is 60.5 Å². The summed E-state index contributed by atoms with van der Waals surface area (Å²) < 4.78 is 1.18. The number of hydrogen-bond donors (Lipinski definition) is 3. The van der Waals surface area contributed by atoms with Crippen LogP contribution in [0.1, 0.15) is 24.4 Å². The molecule has 0 spiro atoms. The lowest BCUT2D eigenvalue weighted by atomic mass is 9.99. The molecule has 9 heteroatoms. The van der Waals surface area contributed by atoms with Crippen LogP contribution in [0.3, 0.4) is 0 Å². The predicted molar refractivity (Wildman–Crippen MR) is 123 cm³/mol. The van der Waals surface area contributed by atoms with Crippen molar-refractivity contribution in [1.29, 1.82) is 0 Å². The molecule has 0 saturated carbocycles. The molecule has 2 aromatic heterocycles. The van der Waals surface area contributed by atoms with Crippen molar-refractivity contribution in [3.05, 3.63) is 47.5 Å². The largest absolute Gasteiger partial charge is 0.351 e. The molecule has 5 heterocycles. The fourth-order valence-corrected chi connectivity index (χ4v) is 6.64. The first-order valence-corrected chi connectivity index (χ1v) is 12.2. The van der Waals surface area contributed by atoms with Gasteiger partial charge in [0.05, 0.1) is 17.4 Å². The molecule has 7 nitrogen and oxygen atoms in total. The normalized spacial score (nSPS) is 24.7. The summed E-state index contributed by atoms with van der Waals surface area (Å²) in [7, 11) is 0. The maximum absolute atomic E-state index is 13.2. The van der Waals surface area contributed by atoms with Crippen molar-refractivity contribution < 1.29 is 9.59 Å². The Kier molecular flexibility index (Phi) is 4.62. The van der Waals surface area contributed by atoms with E-state index in [-0.39, 0.29) is 24.0 Å². The van der Waals surface area contributed by atoms with E-state index in [1.807, 2.05) is 29.6 Å². The Labute approximate surface area is 187 Å². The van der Waals surface area contributed by atoms with E-state index in [1.165, 1.54) is 16.5 Å². The number of carbonyl (C=O) groups excluding carboxylic acids is 2. The van der Waals surface area contributed by atoms with Gasteiger partial charge in [0.15, 0.2) is 0 Å². The number of amides is 3. The fourth-order valence-electron chi connectivity index (χ4n) is 4.63. The maximum atomic E-state index is 13.2. The summed E-state index contributed by atoms with van der Waals surface area (Å²) in [6.07, 6.45) is 3.75. The molecule has 3 aliphatic rings. The van der Waals surface area contributed by atoms with Crippen molar-refractivity contribution in [1.82, 2.24) is 20.9 Å². The molecule has 6 rings (SSSR count). The number of hydrogen-bond acceptors (Lipinski definition) is 6. The van der Waals surface area contributed by atoms with E-state index in [0.717, 1.165) is 53.3 Å². The Bertz CT molecular complexity index is 1190. The van der Waals surface area contributed by atoms with Crippen molar-refractivity contribution in [2.75, 3.05) is 18.0 Å². The van der Waals surface area contributed by atoms with Gasteiger partial charge in [0, 0.05) is 29.0 Å². The van der Waals surface area contributed by atoms with Crippen molar-refractivity contribution in [2.45, 2.75) is 35.2 Å². The van der Waals surface area contributed by atoms with Gasteiger partial charge in [-0.2, -0.15) is 0 Å². The second kappa shape index (κ2) is 7.51. The summed E-state index contributed by atoms with van der Waals surface area (Å²) in [6.45, 7) is 1.78. The zero-order valence-corrected chi connectivity index (χ0v) is 18.3. The molecular formula is C22H21N5O2S2. The molecule has 1 saturated heterocycles. The van der Waals surface area contributed by atoms with Gasteiger partial charge in [-0.25, -0.2) is 9.78 Å². The summed E-state index contributed by atoms with van der Waals surface area (Å²) in [4.78, 5) is 32.6. The molecule has 0 aliphatic carbocycles. The number of thiophene rings is 1. The lowest BCUT2D eigenvalue weighted by molar-refractivity contribution is -0.121. The number of thioether (sulfide) groups is 1. The summed E-state index contributed by atoms with van der Waals surface area (Å²) >= 11 is 3.12. The van der Waals surface area contributed by atoms with E-state index in [1.54, 1.807) is 22.4 Å².